The minimum atomic E-state index is -0.103. The second-order valence-electron chi connectivity index (χ2n) is 5.04. The molecule has 0 atom stereocenters. The van der Waals surface area contributed by atoms with E-state index in [0.29, 0.717) is 5.82 Å². The monoisotopic (exact) mass is 255 g/mol. The Labute approximate surface area is 107 Å². The second-order valence-corrected chi connectivity index (χ2v) is 6.12. The van der Waals surface area contributed by atoms with Crippen molar-refractivity contribution in [1.29, 1.82) is 0 Å². The summed E-state index contributed by atoms with van der Waals surface area (Å²) < 4.78 is 0. The van der Waals surface area contributed by atoms with E-state index < -0.39 is 0 Å². The summed E-state index contributed by atoms with van der Waals surface area (Å²) in [6, 6.07) is 0. The van der Waals surface area contributed by atoms with Crippen LogP contribution in [-0.2, 0) is 5.41 Å². The number of aromatic nitrogens is 2. The standard InChI is InChI=1S/C12H21N3OS/c1-8-9(13)14-11(12(2,3)4)15-10(8)17-7-5-6-16/h16H,5-7H2,1-4H3,(H2,13,14,15). The van der Waals surface area contributed by atoms with Crippen molar-refractivity contribution in [3.8, 4) is 0 Å². The van der Waals surface area contributed by atoms with Gasteiger partial charge in [-0.25, -0.2) is 9.97 Å². The first-order valence-corrected chi connectivity index (χ1v) is 6.73. The maximum absolute atomic E-state index is 8.78. The van der Waals surface area contributed by atoms with Gasteiger partial charge >= 0.3 is 0 Å². The largest absolute Gasteiger partial charge is 0.396 e. The minimum Gasteiger partial charge on any atom is -0.396 e. The van der Waals surface area contributed by atoms with Gasteiger partial charge in [0, 0.05) is 23.3 Å². The Kier molecular flexibility index (Phi) is 4.77. The summed E-state index contributed by atoms with van der Waals surface area (Å²) in [7, 11) is 0. The molecule has 0 fully saturated rings. The highest BCUT2D eigenvalue weighted by atomic mass is 32.2. The van der Waals surface area contributed by atoms with Gasteiger partial charge in [0.25, 0.3) is 0 Å². The van der Waals surface area contributed by atoms with Crippen molar-refractivity contribution >= 4 is 17.6 Å². The van der Waals surface area contributed by atoms with Gasteiger partial charge in [-0.15, -0.1) is 11.8 Å². The molecular weight excluding hydrogens is 234 g/mol. The average Bonchev–Trinajstić information content (AvgIpc) is 2.22. The van der Waals surface area contributed by atoms with Crippen molar-refractivity contribution in [2.75, 3.05) is 18.1 Å². The molecule has 0 radical (unpaired) electrons. The highest BCUT2D eigenvalue weighted by Crippen LogP contribution is 2.27. The summed E-state index contributed by atoms with van der Waals surface area (Å²) in [5, 5.41) is 9.71. The first-order valence-electron chi connectivity index (χ1n) is 5.74. The molecule has 4 nitrogen and oxygen atoms in total. The predicted molar refractivity (Wildman–Crippen MR) is 72.3 cm³/mol. The molecule has 0 aliphatic carbocycles. The molecule has 1 aromatic heterocycles. The number of rotatable bonds is 4. The lowest BCUT2D eigenvalue weighted by Crippen LogP contribution is -2.18. The van der Waals surface area contributed by atoms with Crippen LogP contribution in [0.1, 0.15) is 38.6 Å². The molecule has 0 amide bonds. The fourth-order valence-electron chi connectivity index (χ4n) is 1.22. The summed E-state index contributed by atoms with van der Waals surface area (Å²) in [5.41, 5.74) is 6.74. The molecule has 5 heteroatoms. The fourth-order valence-corrected chi connectivity index (χ4v) is 2.16. The number of nitrogens with zero attached hydrogens (tertiary/aromatic N) is 2. The van der Waals surface area contributed by atoms with E-state index in [2.05, 4.69) is 30.7 Å². The lowest BCUT2D eigenvalue weighted by Gasteiger charge is -2.19. The Bertz CT molecular complexity index is 388. The quantitative estimate of drug-likeness (QED) is 0.490. The smallest absolute Gasteiger partial charge is 0.137 e. The molecule has 96 valence electrons. The highest BCUT2D eigenvalue weighted by molar-refractivity contribution is 7.99. The van der Waals surface area contributed by atoms with Gasteiger partial charge in [0.15, 0.2) is 0 Å². The van der Waals surface area contributed by atoms with Gasteiger partial charge in [-0.05, 0) is 13.3 Å². The first kappa shape index (κ1) is 14.3. The van der Waals surface area contributed by atoms with Crippen LogP contribution in [0.25, 0.3) is 0 Å². The average molecular weight is 255 g/mol. The lowest BCUT2D eigenvalue weighted by atomic mass is 9.95. The first-order chi connectivity index (χ1) is 7.86. The number of anilines is 1. The van der Waals surface area contributed by atoms with Crippen LogP contribution in [-0.4, -0.2) is 27.4 Å². The summed E-state index contributed by atoms with van der Waals surface area (Å²) >= 11 is 1.62. The molecule has 1 rings (SSSR count). The Morgan fingerprint density at radius 3 is 2.47 bits per heavy atom. The molecule has 0 bridgehead atoms. The van der Waals surface area contributed by atoms with Crippen molar-refractivity contribution in [2.24, 2.45) is 0 Å². The van der Waals surface area contributed by atoms with Crippen LogP contribution >= 0.6 is 11.8 Å². The molecular formula is C12H21N3OS. The van der Waals surface area contributed by atoms with Gasteiger partial charge in [0.2, 0.25) is 0 Å². The number of aliphatic hydroxyl groups is 1. The van der Waals surface area contributed by atoms with Gasteiger partial charge in [-0.3, -0.25) is 0 Å². The van der Waals surface area contributed by atoms with E-state index in [4.69, 9.17) is 10.8 Å². The van der Waals surface area contributed by atoms with Crippen LogP contribution < -0.4 is 5.73 Å². The zero-order valence-corrected chi connectivity index (χ0v) is 11.8. The highest BCUT2D eigenvalue weighted by Gasteiger charge is 2.20. The molecule has 0 aromatic carbocycles. The van der Waals surface area contributed by atoms with E-state index in [9.17, 15) is 0 Å². The number of nitrogen functional groups attached to an aromatic ring is 1. The van der Waals surface area contributed by atoms with E-state index in [1.54, 1.807) is 11.8 Å². The van der Waals surface area contributed by atoms with Crippen LogP contribution in [0.5, 0.6) is 0 Å². The molecule has 3 N–H and O–H groups in total. The number of hydrogen-bond acceptors (Lipinski definition) is 5. The molecule has 0 saturated heterocycles. The van der Waals surface area contributed by atoms with E-state index in [1.807, 2.05) is 6.92 Å². The number of aliphatic hydroxyl groups excluding tert-OH is 1. The molecule has 17 heavy (non-hydrogen) atoms. The Morgan fingerprint density at radius 1 is 1.29 bits per heavy atom. The van der Waals surface area contributed by atoms with Crippen molar-refractivity contribution in [1.82, 2.24) is 9.97 Å². The number of nitrogens with two attached hydrogens (primary N) is 1. The molecule has 1 aromatic rings. The van der Waals surface area contributed by atoms with Gasteiger partial charge < -0.3 is 10.8 Å². The molecule has 0 aliphatic rings. The third-order valence-electron chi connectivity index (χ3n) is 2.35. The Morgan fingerprint density at radius 2 is 1.94 bits per heavy atom. The van der Waals surface area contributed by atoms with Crippen molar-refractivity contribution in [2.45, 2.75) is 44.6 Å². The lowest BCUT2D eigenvalue weighted by molar-refractivity contribution is 0.296. The van der Waals surface area contributed by atoms with E-state index in [0.717, 1.165) is 28.6 Å². The van der Waals surface area contributed by atoms with E-state index in [1.165, 1.54) is 0 Å². The Hall–Kier alpha value is -0.810. The van der Waals surface area contributed by atoms with Gasteiger partial charge in [-0.2, -0.15) is 0 Å². The van der Waals surface area contributed by atoms with Gasteiger partial charge in [-0.1, -0.05) is 20.8 Å². The van der Waals surface area contributed by atoms with Crippen LogP contribution in [0, 0.1) is 6.92 Å². The second kappa shape index (κ2) is 5.69. The van der Waals surface area contributed by atoms with Crippen molar-refractivity contribution in [3.05, 3.63) is 11.4 Å². The van der Waals surface area contributed by atoms with Gasteiger partial charge in [0.05, 0.1) is 0 Å². The topological polar surface area (TPSA) is 72.0 Å². The van der Waals surface area contributed by atoms with E-state index in [-0.39, 0.29) is 12.0 Å². The minimum absolute atomic E-state index is 0.103. The third-order valence-corrected chi connectivity index (χ3v) is 3.51. The summed E-state index contributed by atoms with van der Waals surface area (Å²) in [4.78, 5) is 8.90. The van der Waals surface area contributed by atoms with Crippen LogP contribution in [0.2, 0.25) is 0 Å². The fraction of sp³-hybridized carbons (Fsp3) is 0.667. The molecule has 0 spiro atoms. The normalized spacial score (nSPS) is 11.8. The third kappa shape index (κ3) is 3.85. The maximum atomic E-state index is 8.78. The summed E-state index contributed by atoms with van der Waals surface area (Å²) in [5.74, 6) is 2.17. The van der Waals surface area contributed by atoms with Crippen LogP contribution in [0.15, 0.2) is 5.03 Å². The number of hydrogen-bond donors (Lipinski definition) is 2. The molecule has 0 saturated carbocycles. The van der Waals surface area contributed by atoms with Crippen molar-refractivity contribution in [3.63, 3.8) is 0 Å². The van der Waals surface area contributed by atoms with Crippen molar-refractivity contribution < 1.29 is 5.11 Å². The molecule has 0 aliphatic heterocycles. The maximum Gasteiger partial charge on any atom is 0.137 e. The zero-order valence-electron chi connectivity index (χ0n) is 10.9. The van der Waals surface area contributed by atoms with E-state index >= 15 is 0 Å². The van der Waals surface area contributed by atoms with Crippen LogP contribution in [0.3, 0.4) is 0 Å². The predicted octanol–water partition coefficient (Wildman–Crippen LogP) is 2.14. The van der Waals surface area contributed by atoms with Crippen LogP contribution in [0.4, 0.5) is 5.82 Å². The molecule has 0 unspecified atom stereocenters. The van der Waals surface area contributed by atoms with Gasteiger partial charge in [0.1, 0.15) is 16.7 Å². The Balaban J connectivity index is 2.99. The summed E-state index contributed by atoms with van der Waals surface area (Å²) in [6.45, 7) is 8.35. The SMILES string of the molecule is Cc1c(N)nc(C(C)(C)C)nc1SCCCO. The zero-order chi connectivity index (χ0) is 13.1. The number of thioether (sulfide) groups is 1. The molecule has 1 heterocycles. The summed E-state index contributed by atoms with van der Waals surface area (Å²) in [6.07, 6.45) is 0.763.